The highest BCUT2D eigenvalue weighted by Gasteiger charge is 2.12. The maximum atomic E-state index is 11.8. The van der Waals surface area contributed by atoms with Crippen molar-refractivity contribution in [2.75, 3.05) is 5.32 Å². The first kappa shape index (κ1) is 14.1. The minimum atomic E-state index is -1.23. The Labute approximate surface area is 115 Å². The normalized spacial score (nSPS) is 10.1. The molecule has 2 aromatic rings. The summed E-state index contributed by atoms with van der Waals surface area (Å²) in [5, 5.41) is 20.6. The Hall–Kier alpha value is -3.36. The van der Waals surface area contributed by atoms with Crippen molar-refractivity contribution >= 4 is 17.6 Å². The molecule has 9 heteroatoms. The highest BCUT2D eigenvalue weighted by atomic mass is 16.4. The second-order valence-corrected chi connectivity index (χ2v) is 3.99. The van der Waals surface area contributed by atoms with Gasteiger partial charge in [0.05, 0.1) is 11.3 Å². The van der Waals surface area contributed by atoms with E-state index < -0.39 is 28.9 Å². The number of aromatic hydroxyl groups is 1. The number of phenolic OH excluding ortho intramolecular Hbond substituents is 1. The van der Waals surface area contributed by atoms with E-state index in [1.54, 1.807) is 0 Å². The molecule has 21 heavy (non-hydrogen) atoms. The van der Waals surface area contributed by atoms with Gasteiger partial charge in [-0.2, -0.15) is 0 Å². The van der Waals surface area contributed by atoms with Crippen LogP contribution in [-0.2, 0) is 0 Å². The van der Waals surface area contributed by atoms with Gasteiger partial charge in [-0.3, -0.25) is 14.6 Å². The number of amides is 1. The monoisotopic (exact) mass is 291 g/mol. The predicted molar refractivity (Wildman–Crippen MR) is 70.7 cm³/mol. The first-order chi connectivity index (χ1) is 9.86. The van der Waals surface area contributed by atoms with Crippen molar-refractivity contribution in [3.63, 3.8) is 0 Å². The van der Waals surface area contributed by atoms with Crippen LogP contribution in [0.3, 0.4) is 0 Å². The molecule has 0 aliphatic rings. The molecule has 0 bridgehead atoms. The molecule has 0 atom stereocenters. The molecule has 1 aromatic heterocycles. The van der Waals surface area contributed by atoms with Crippen molar-refractivity contribution in [2.45, 2.75) is 0 Å². The van der Waals surface area contributed by atoms with Crippen molar-refractivity contribution in [1.29, 1.82) is 0 Å². The summed E-state index contributed by atoms with van der Waals surface area (Å²) in [6, 6.07) is 4.19. The lowest BCUT2D eigenvalue weighted by atomic mass is 10.2. The number of aromatic nitrogens is 2. The number of carboxylic acids is 1. The predicted octanol–water partition coefficient (Wildman–Crippen LogP) is -0.281. The fourth-order valence-corrected chi connectivity index (χ4v) is 1.55. The van der Waals surface area contributed by atoms with Crippen molar-refractivity contribution < 1.29 is 19.8 Å². The van der Waals surface area contributed by atoms with Crippen molar-refractivity contribution in [3.05, 3.63) is 56.4 Å². The van der Waals surface area contributed by atoms with Gasteiger partial charge in [0, 0.05) is 6.07 Å². The van der Waals surface area contributed by atoms with Crippen LogP contribution in [0.15, 0.2) is 33.9 Å². The second kappa shape index (κ2) is 5.33. The van der Waals surface area contributed by atoms with Gasteiger partial charge in [0.25, 0.3) is 11.5 Å². The number of phenols is 1. The van der Waals surface area contributed by atoms with Gasteiger partial charge >= 0.3 is 11.7 Å². The van der Waals surface area contributed by atoms with Gasteiger partial charge in [-0.1, -0.05) is 0 Å². The number of carbonyl (C=O) groups is 2. The smallest absolute Gasteiger partial charge is 0.335 e. The van der Waals surface area contributed by atoms with Gasteiger partial charge < -0.3 is 20.5 Å². The first-order valence-electron chi connectivity index (χ1n) is 5.58. The highest BCUT2D eigenvalue weighted by molar-refractivity contribution is 6.03. The zero-order valence-corrected chi connectivity index (χ0v) is 10.3. The Balaban J connectivity index is 2.29. The zero-order chi connectivity index (χ0) is 15.6. The molecule has 0 aliphatic carbocycles. The van der Waals surface area contributed by atoms with Gasteiger partial charge in [0.1, 0.15) is 11.4 Å². The van der Waals surface area contributed by atoms with Gasteiger partial charge in [0.15, 0.2) is 0 Å². The van der Waals surface area contributed by atoms with E-state index in [1.807, 2.05) is 4.98 Å². The van der Waals surface area contributed by atoms with E-state index in [2.05, 4.69) is 10.3 Å². The summed E-state index contributed by atoms with van der Waals surface area (Å²) in [7, 11) is 0. The molecule has 0 aliphatic heterocycles. The Bertz CT molecular complexity index is 807. The molecule has 0 radical (unpaired) electrons. The van der Waals surface area contributed by atoms with E-state index in [1.165, 1.54) is 12.1 Å². The summed E-state index contributed by atoms with van der Waals surface area (Å²) in [5.41, 5.74) is -2.13. The minimum Gasteiger partial charge on any atom is -0.506 e. The van der Waals surface area contributed by atoms with Gasteiger partial charge in [-0.25, -0.2) is 9.59 Å². The van der Waals surface area contributed by atoms with Crippen LogP contribution in [0.4, 0.5) is 5.69 Å². The Morgan fingerprint density at radius 2 is 1.81 bits per heavy atom. The molecule has 108 valence electrons. The molecule has 2 rings (SSSR count). The Kier molecular flexibility index (Phi) is 3.57. The van der Waals surface area contributed by atoms with Crippen LogP contribution < -0.4 is 16.6 Å². The third kappa shape index (κ3) is 3.15. The number of rotatable bonds is 3. The van der Waals surface area contributed by atoms with Crippen LogP contribution in [0.1, 0.15) is 20.8 Å². The fourth-order valence-electron chi connectivity index (χ4n) is 1.55. The standard InChI is InChI=1S/C12H9N3O6/c16-8-3-5(11(19)20)1-2-6(8)13-10(18)7-4-9(17)15-12(21)14-7/h1-4,16H,(H,13,18)(H,19,20)(H2,14,15,17,21). The largest absolute Gasteiger partial charge is 0.506 e. The second-order valence-electron chi connectivity index (χ2n) is 3.99. The molecule has 0 saturated heterocycles. The Morgan fingerprint density at radius 3 is 2.38 bits per heavy atom. The van der Waals surface area contributed by atoms with Crippen molar-refractivity contribution in [3.8, 4) is 5.75 Å². The first-order valence-corrected chi connectivity index (χ1v) is 5.58. The zero-order valence-electron chi connectivity index (χ0n) is 10.3. The van der Waals surface area contributed by atoms with Gasteiger partial charge in [-0.15, -0.1) is 0 Å². The van der Waals surface area contributed by atoms with E-state index in [9.17, 15) is 24.3 Å². The van der Waals surface area contributed by atoms with Crippen molar-refractivity contribution in [2.24, 2.45) is 0 Å². The lowest BCUT2D eigenvalue weighted by Crippen LogP contribution is -2.27. The van der Waals surface area contributed by atoms with E-state index in [0.717, 1.165) is 12.1 Å². The number of carboxylic acid groups (broad SMARTS) is 1. The van der Waals surface area contributed by atoms with E-state index in [-0.39, 0.29) is 16.9 Å². The molecule has 9 nitrogen and oxygen atoms in total. The van der Waals surface area contributed by atoms with Crippen LogP contribution in [-0.4, -0.2) is 32.1 Å². The molecule has 1 amide bonds. The molecular weight excluding hydrogens is 282 g/mol. The summed E-state index contributed by atoms with van der Waals surface area (Å²) in [6.07, 6.45) is 0. The summed E-state index contributed by atoms with van der Waals surface area (Å²) in [5.74, 6) is -2.53. The van der Waals surface area contributed by atoms with Crippen LogP contribution in [0.5, 0.6) is 5.75 Å². The average molecular weight is 291 g/mol. The molecule has 0 saturated carbocycles. The third-order valence-electron chi connectivity index (χ3n) is 2.50. The van der Waals surface area contributed by atoms with E-state index >= 15 is 0 Å². The van der Waals surface area contributed by atoms with Gasteiger partial charge in [0.2, 0.25) is 0 Å². The number of aromatic carboxylic acids is 1. The number of hydrogen-bond acceptors (Lipinski definition) is 5. The molecule has 1 heterocycles. The summed E-state index contributed by atoms with van der Waals surface area (Å²) in [6.45, 7) is 0. The maximum absolute atomic E-state index is 11.8. The topological polar surface area (TPSA) is 152 Å². The summed E-state index contributed by atoms with van der Waals surface area (Å²) < 4.78 is 0. The third-order valence-corrected chi connectivity index (χ3v) is 2.50. The lowest BCUT2D eigenvalue weighted by Gasteiger charge is -2.07. The van der Waals surface area contributed by atoms with Crippen molar-refractivity contribution in [1.82, 2.24) is 9.97 Å². The maximum Gasteiger partial charge on any atom is 0.335 e. The molecule has 5 N–H and O–H groups in total. The number of H-pyrrole nitrogens is 2. The molecular formula is C12H9N3O6. The minimum absolute atomic E-state index is 0.0638. The fraction of sp³-hybridized carbons (Fsp3) is 0. The van der Waals surface area contributed by atoms with Crippen LogP contribution in [0.25, 0.3) is 0 Å². The molecule has 1 aromatic carbocycles. The molecule has 0 fully saturated rings. The lowest BCUT2D eigenvalue weighted by molar-refractivity contribution is 0.0696. The number of benzene rings is 1. The van der Waals surface area contributed by atoms with E-state index in [0.29, 0.717) is 0 Å². The number of carbonyl (C=O) groups excluding carboxylic acids is 1. The quantitative estimate of drug-likeness (QED) is 0.490. The number of anilines is 1. The van der Waals surface area contributed by atoms with Crippen LogP contribution in [0.2, 0.25) is 0 Å². The number of aromatic amines is 2. The molecule has 0 unspecified atom stereocenters. The number of hydrogen-bond donors (Lipinski definition) is 5. The molecule has 0 spiro atoms. The average Bonchev–Trinajstić information content (AvgIpc) is 2.39. The van der Waals surface area contributed by atoms with Crippen LogP contribution in [0, 0.1) is 0 Å². The number of nitrogens with one attached hydrogen (secondary N) is 3. The summed E-state index contributed by atoms with van der Waals surface area (Å²) in [4.78, 5) is 48.7. The summed E-state index contributed by atoms with van der Waals surface area (Å²) >= 11 is 0. The highest BCUT2D eigenvalue weighted by Crippen LogP contribution is 2.24. The van der Waals surface area contributed by atoms with Gasteiger partial charge in [-0.05, 0) is 18.2 Å². The SMILES string of the molecule is O=C(O)c1ccc(NC(=O)c2cc(=O)[nH]c(=O)[nH]2)c(O)c1. The van der Waals surface area contributed by atoms with Crippen LogP contribution >= 0.6 is 0 Å². The van der Waals surface area contributed by atoms with E-state index in [4.69, 9.17) is 5.11 Å². The Morgan fingerprint density at radius 1 is 1.10 bits per heavy atom.